The SMILES string of the molecule is CN=C(NCCC1=CCOCC1)NCc1cc(Cl)cc(Cl)c1OC(F)F. The first kappa shape index (κ1) is 20.7. The molecule has 26 heavy (non-hydrogen) atoms. The summed E-state index contributed by atoms with van der Waals surface area (Å²) in [6, 6.07) is 2.89. The number of rotatable bonds is 7. The van der Waals surface area contributed by atoms with E-state index in [-0.39, 0.29) is 17.3 Å². The average Bonchev–Trinajstić information content (AvgIpc) is 2.61. The molecule has 0 unspecified atom stereocenters. The van der Waals surface area contributed by atoms with Gasteiger partial charge in [-0.25, -0.2) is 0 Å². The third-order valence-corrected chi connectivity index (χ3v) is 4.26. The lowest BCUT2D eigenvalue weighted by atomic mass is 10.1. The van der Waals surface area contributed by atoms with Gasteiger partial charge < -0.3 is 20.1 Å². The third-order valence-electron chi connectivity index (χ3n) is 3.76. The minimum absolute atomic E-state index is 0.0315. The van der Waals surface area contributed by atoms with Gasteiger partial charge in [0.25, 0.3) is 0 Å². The number of ether oxygens (including phenoxy) is 2. The number of hydrogen-bond donors (Lipinski definition) is 2. The number of nitrogens with one attached hydrogen (secondary N) is 2. The molecule has 5 nitrogen and oxygen atoms in total. The van der Waals surface area contributed by atoms with Gasteiger partial charge in [-0.05, 0) is 25.0 Å². The Hall–Kier alpha value is -1.57. The van der Waals surface area contributed by atoms with Crippen LogP contribution in [0, 0.1) is 0 Å². The highest BCUT2D eigenvalue weighted by atomic mass is 35.5. The maximum atomic E-state index is 12.6. The molecule has 1 aromatic carbocycles. The van der Waals surface area contributed by atoms with E-state index < -0.39 is 6.61 Å². The van der Waals surface area contributed by atoms with Gasteiger partial charge >= 0.3 is 6.61 Å². The quantitative estimate of drug-likeness (QED) is 0.407. The highest BCUT2D eigenvalue weighted by molar-refractivity contribution is 6.35. The van der Waals surface area contributed by atoms with Crippen LogP contribution in [0.2, 0.25) is 10.0 Å². The van der Waals surface area contributed by atoms with E-state index in [1.54, 1.807) is 7.05 Å². The van der Waals surface area contributed by atoms with Gasteiger partial charge in [0.05, 0.1) is 18.2 Å². The molecule has 9 heteroatoms. The summed E-state index contributed by atoms with van der Waals surface area (Å²) < 4.78 is 35.0. The lowest BCUT2D eigenvalue weighted by Crippen LogP contribution is -2.37. The van der Waals surface area contributed by atoms with E-state index in [2.05, 4.69) is 26.4 Å². The zero-order chi connectivity index (χ0) is 18.9. The maximum absolute atomic E-state index is 12.6. The average molecular weight is 408 g/mol. The van der Waals surface area contributed by atoms with E-state index >= 15 is 0 Å². The first-order chi connectivity index (χ1) is 12.5. The van der Waals surface area contributed by atoms with Gasteiger partial charge in [0.1, 0.15) is 5.75 Å². The van der Waals surface area contributed by atoms with Crippen LogP contribution < -0.4 is 15.4 Å². The molecule has 144 valence electrons. The van der Waals surface area contributed by atoms with Crippen LogP contribution in [0.5, 0.6) is 5.75 Å². The van der Waals surface area contributed by atoms with Crippen molar-refractivity contribution in [3.05, 3.63) is 39.4 Å². The molecule has 2 rings (SSSR count). The third kappa shape index (κ3) is 6.63. The predicted octanol–water partition coefficient (Wildman–Crippen LogP) is 4.00. The van der Waals surface area contributed by atoms with Crippen molar-refractivity contribution in [2.75, 3.05) is 26.8 Å². The molecule has 1 aromatic rings. The summed E-state index contributed by atoms with van der Waals surface area (Å²) >= 11 is 11.9. The highest BCUT2D eigenvalue weighted by Crippen LogP contribution is 2.33. The van der Waals surface area contributed by atoms with Crippen LogP contribution in [0.4, 0.5) is 8.78 Å². The Labute approximate surface area is 161 Å². The molecule has 0 spiro atoms. The first-order valence-electron chi connectivity index (χ1n) is 8.12. The fourth-order valence-corrected chi connectivity index (χ4v) is 3.08. The van der Waals surface area contributed by atoms with Crippen molar-refractivity contribution in [2.24, 2.45) is 4.99 Å². The van der Waals surface area contributed by atoms with E-state index in [0.29, 0.717) is 29.7 Å². The van der Waals surface area contributed by atoms with Gasteiger partial charge in [-0.2, -0.15) is 8.78 Å². The molecule has 0 radical (unpaired) electrons. The number of benzene rings is 1. The Balaban J connectivity index is 1.92. The lowest BCUT2D eigenvalue weighted by Gasteiger charge is -2.17. The van der Waals surface area contributed by atoms with Crippen LogP contribution in [-0.2, 0) is 11.3 Å². The zero-order valence-electron chi connectivity index (χ0n) is 14.3. The Bertz CT molecular complexity index is 670. The number of guanidine groups is 1. The summed E-state index contributed by atoms with van der Waals surface area (Å²) in [7, 11) is 1.63. The molecule has 0 atom stereocenters. The van der Waals surface area contributed by atoms with E-state index in [1.807, 2.05) is 0 Å². The Morgan fingerprint density at radius 3 is 2.81 bits per heavy atom. The fraction of sp³-hybridized carbons (Fsp3) is 0.471. The molecule has 1 aliphatic rings. The summed E-state index contributed by atoms with van der Waals surface area (Å²) in [6.07, 6.45) is 3.90. The van der Waals surface area contributed by atoms with Crippen molar-refractivity contribution in [1.29, 1.82) is 0 Å². The van der Waals surface area contributed by atoms with Crippen LogP contribution in [0.25, 0.3) is 0 Å². The number of hydrogen-bond acceptors (Lipinski definition) is 3. The number of halogens is 4. The first-order valence-corrected chi connectivity index (χ1v) is 8.88. The molecular weight excluding hydrogens is 387 g/mol. The minimum atomic E-state index is -2.97. The molecule has 2 N–H and O–H groups in total. The second-order valence-electron chi connectivity index (χ2n) is 5.54. The molecule has 0 saturated heterocycles. The van der Waals surface area contributed by atoms with Gasteiger partial charge in [0, 0.05) is 30.7 Å². The van der Waals surface area contributed by atoms with E-state index in [4.69, 9.17) is 27.9 Å². The summed E-state index contributed by atoms with van der Waals surface area (Å²) in [5.74, 6) is 0.443. The van der Waals surface area contributed by atoms with Gasteiger partial charge in [-0.3, -0.25) is 4.99 Å². The molecule has 1 heterocycles. The Morgan fingerprint density at radius 1 is 1.35 bits per heavy atom. The molecule has 1 aliphatic heterocycles. The van der Waals surface area contributed by atoms with Gasteiger partial charge in [-0.15, -0.1) is 0 Å². The molecule has 0 aliphatic carbocycles. The standard InChI is InChI=1S/C17H21Cl2F2N3O2/c1-22-17(23-5-2-11-3-6-25-7-4-11)24-10-12-8-13(18)9-14(19)15(12)26-16(20)21/h3,8-9,16H,2,4-7,10H2,1H3,(H2,22,23,24). The summed E-state index contributed by atoms with van der Waals surface area (Å²) in [6.45, 7) is -0.690. The normalized spacial score (nSPS) is 15.0. The van der Waals surface area contributed by atoms with E-state index in [0.717, 1.165) is 19.4 Å². The monoisotopic (exact) mass is 407 g/mol. The van der Waals surface area contributed by atoms with Crippen molar-refractivity contribution in [1.82, 2.24) is 10.6 Å². The largest absolute Gasteiger partial charge is 0.433 e. The molecule has 0 fully saturated rings. The second-order valence-corrected chi connectivity index (χ2v) is 6.39. The molecule has 0 aromatic heterocycles. The van der Waals surface area contributed by atoms with E-state index in [1.165, 1.54) is 17.7 Å². The Kier molecular flexibility index (Phi) is 8.41. The van der Waals surface area contributed by atoms with Crippen molar-refractivity contribution >= 4 is 29.2 Å². The molecule has 0 saturated carbocycles. The maximum Gasteiger partial charge on any atom is 0.387 e. The molecule has 0 bridgehead atoms. The van der Waals surface area contributed by atoms with Crippen molar-refractivity contribution in [3.63, 3.8) is 0 Å². The van der Waals surface area contributed by atoms with Crippen molar-refractivity contribution < 1.29 is 18.3 Å². The number of alkyl halides is 2. The smallest absolute Gasteiger partial charge is 0.387 e. The molecular formula is C17H21Cl2F2N3O2. The topological polar surface area (TPSA) is 54.9 Å². The van der Waals surface area contributed by atoms with Gasteiger partial charge in [0.15, 0.2) is 5.96 Å². The fourth-order valence-electron chi connectivity index (χ4n) is 2.50. The van der Waals surface area contributed by atoms with E-state index in [9.17, 15) is 8.78 Å². The van der Waals surface area contributed by atoms with Gasteiger partial charge in [-0.1, -0.05) is 34.9 Å². The number of nitrogens with zero attached hydrogens (tertiary/aromatic N) is 1. The summed E-state index contributed by atoms with van der Waals surface area (Å²) in [4.78, 5) is 4.12. The Morgan fingerprint density at radius 2 is 2.15 bits per heavy atom. The van der Waals surface area contributed by atoms with Crippen LogP contribution in [0.1, 0.15) is 18.4 Å². The lowest BCUT2D eigenvalue weighted by molar-refractivity contribution is -0.0504. The predicted molar refractivity (Wildman–Crippen MR) is 99.4 cm³/mol. The second kappa shape index (κ2) is 10.5. The van der Waals surface area contributed by atoms with Crippen molar-refractivity contribution in [2.45, 2.75) is 26.0 Å². The zero-order valence-corrected chi connectivity index (χ0v) is 15.8. The summed E-state index contributed by atoms with van der Waals surface area (Å²) in [5.41, 5.74) is 1.76. The molecule has 0 amide bonds. The minimum Gasteiger partial charge on any atom is -0.433 e. The van der Waals surface area contributed by atoms with Crippen LogP contribution in [0.15, 0.2) is 28.8 Å². The highest BCUT2D eigenvalue weighted by Gasteiger charge is 2.15. The van der Waals surface area contributed by atoms with Crippen molar-refractivity contribution in [3.8, 4) is 5.75 Å². The number of aliphatic imine (C=N–C) groups is 1. The van der Waals surface area contributed by atoms with Gasteiger partial charge in [0.2, 0.25) is 0 Å². The van der Waals surface area contributed by atoms with Crippen LogP contribution in [0.3, 0.4) is 0 Å². The van der Waals surface area contributed by atoms with Crippen LogP contribution in [-0.4, -0.2) is 39.4 Å². The van der Waals surface area contributed by atoms with Crippen LogP contribution >= 0.6 is 23.2 Å². The summed E-state index contributed by atoms with van der Waals surface area (Å²) in [5, 5.41) is 6.59.